The van der Waals surface area contributed by atoms with Gasteiger partial charge in [0.1, 0.15) is 11.1 Å². The minimum Gasteiger partial charge on any atom is -0.493 e. The molecule has 2 unspecified atom stereocenters. The molecule has 0 saturated heterocycles. The topological polar surface area (TPSA) is 51.9 Å². The molecule has 7 aromatic rings. The van der Waals surface area contributed by atoms with E-state index in [-0.39, 0.29) is 0 Å². The van der Waals surface area contributed by atoms with Crippen LogP contribution in [0.1, 0.15) is 27.8 Å². The van der Waals surface area contributed by atoms with E-state index in [0.29, 0.717) is 43.8 Å². The SMILES string of the molecule is COc1ccc(C2(c3ccccc3)N(n3ccnc3-c3ccccc3Cl)C(c3ccccc3Cl)=NC2(c2ccccc2)c2ccccc2Cl)cc1OC. The number of ether oxygens (including phenoxy) is 2. The standard InChI is InChI=1S/C44H33Cl3N4O2/c1-52-39-26-25-32(29-40(39)53-2)44(31-17-7-4-8-18-31)43(30-15-5-3-6-16-30,35-21-11-14-24-38(35)47)49-42(34-20-10-13-23-37(34)46)51(44)50-28-27-48-41(50)33-19-9-12-22-36(33)45/h3-29H,1-2H3. The van der Waals surface area contributed by atoms with E-state index in [4.69, 9.17) is 54.3 Å². The van der Waals surface area contributed by atoms with Crippen molar-refractivity contribution in [3.8, 4) is 22.9 Å². The highest BCUT2D eigenvalue weighted by Crippen LogP contribution is 2.61. The molecule has 0 N–H and O–H groups in total. The molecule has 9 heteroatoms. The predicted octanol–water partition coefficient (Wildman–Crippen LogP) is 10.8. The van der Waals surface area contributed by atoms with E-state index in [0.717, 1.165) is 27.8 Å². The van der Waals surface area contributed by atoms with Crippen LogP contribution in [0.3, 0.4) is 0 Å². The maximum Gasteiger partial charge on any atom is 0.161 e. The number of amidine groups is 1. The number of aromatic nitrogens is 2. The van der Waals surface area contributed by atoms with Crippen LogP contribution in [0.5, 0.6) is 11.5 Å². The monoisotopic (exact) mass is 754 g/mol. The van der Waals surface area contributed by atoms with Crippen LogP contribution in [0.25, 0.3) is 11.4 Å². The van der Waals surface area contributed by atoms with Gasteiger partial charge in [-0.25, -0.2) is 19.7 Å². The number of benzene rings is 6. The summed E-state index contributed by atoms with van der Waals surface area (Å²) in [5.74, 6) is 2.30. The minimum atomic E-state index is -1.29. The Hall–Kier alpha value is -5.53. The van der Waals surface area contributed by atoms with E-state index in [2.05, 4.69) is 35.3 Å². The average molecular weight is 756 g/mol. The molecule has 0 saturated carbocycles. The molecule has 1 aromatic heterocycles. The highest BCUT2D eigenvalue weighted by atomic mass is 35.5. The summed E-state index contributed by atoms with van der Waals surface area (Å²) >= 11 is 21.5. The predicted molar refractivity (Wildman–Crippen MR) is 214 cm³/mol. The van der Waals surface area contributed by atoms with Crippen molar-refractivity contribution in [1.29, 1.82) is 0 Å². The summed E-state index contributed by atoms with van der Waals surface area (Å²) in [6.45, 7) is 0. The van der Waals surface area contributed by atoms with Gasteiger partial charge in [0.2, 0.25) is 0 Å². The maximum absolute atomic E-state index is 7.40. The van der Waals surface area contributed by atoms with Gasteiger partial charge in [-0.1, -0.05) is 144 Å². The van der Waals surface area contributed by atoms with E-state index in [9.17, 15) is 0 Å². The lowest BCUT2D eigenvalue weighted by molar-refractivity contribution is 0.313. The summed E-state index contributed by atoms with van der Waals surface area (Å²) in [5.41, 5.74) is 2.28. The highest BCUT2D eigenvalue weighted by Gasteiger charge is 2.66. The molecule has 2 heterocycles. The molecule has 1 aliphatic rings. The van der Waals surface area contributed by atoms with Gasteiger partial charge in [0.05, 0.1) is 24.3 Å². The molecule has 262 valence electrons. The van der Waals surface area contributed by atoms with E-state index in [1.807, 2.05) is 132 Å². The quantitative estimate of drug-likeness (QED) is 0.147. The van der Waals surface area contributed by atoms with E-state index >= 15 is 0 Å². The number of imidazole rings is 1. The second kappa shape index (κ2) is 14.1. The van der Waals surface area contributed by atoms with Gasteiger partial charge in [-0.15, -0.1) is 0 Å². The van der Waals surface area contributed by atoms with Crippen molar-refractivity contribution < 1.29 is 9.47 Å². The zero-order chi connectivity index (χ0) is 36.6. The zero-order valence-electron chi connectivity index (χ0n) is 28.8. The fourth-order valence-corrected chi connectivity index (χ4v) is 8.37. The van der Waals surface area contributed by atoms with Crippen LogP contribution in [-0.4, -0.2) is 29.7 Å². The molecule has 8 rings (SSSR count). The fourth-order valence-electron chi connectivity index (χ4n) is 7.66. The molecule has 0 bridgehead atoms. The lowest BCUT2D eigenvalue weighted by Crippen LogP contribution is -2.61. The summed E-state index contributed by atoms with van der Waals surface area (Å²) in [6, 6.07) is 49.9. The normalized spacial score (nSPS) is 18.1. The van der Waals surface area contributed by atoms with Crippen LogP contribution in [0.4, 0.5) is 0 Å². The van der Waals surface area contributed by atoms with Gasteiger partial charge in [0.25, 0.3) is 0 Å². The Morgan fingerprint density at radius 3 is 1.74 bits per heavy atom. The molecular weight excluding hydrogens is 723 g/mol. The summed E-state index contributed by atoms with van der Waals surface area (Å²) in [5, 5.41) is 3.80. The van der Waals surface area contributed by atoms with E-state index < -0.39 is 11.1 Å². The highest BCUT2D eigenvalue weighted by molar-refractivity contribution is 6.35. The number of halogens is 3. The number of hydrogen-bond donors (Lipinski definition) is 0. The molecule has 0 aliphatic carbocycles. The summed E-state index contributed by atoms with van der Waals surface area (Å²) in [7, 11) is 3.27. The number of nitrogens with zero attached hydrogens (tertiary/aromatic N) is 4. The van der Waals surface area contributed by atoms with Gasteiger partial charge in [0, 0.05) is 34.1 Å². The molecule has 1 aliphatic heterocycles. The van der Waals surface area contributed by atoms with Crippen molar-refractivity contribution in [2.75, 3.05) is 19.2 Å². The Morgan fingerprint density at radius 1 is 0.547 bits per heavy atom. The lowest BCUT2D eigenvalue weighted by Gasteiger charge is -2.51. The Kier molecular flexibility index (Phi) is 9.21. The Bertz CT molecular complexity index is 2450. The van der Waals surface area contributed by atoms with Crippen molar-refractivity contribution in [3.05, 3.63) is 207 Å². The number of hydrogen-bond acceptors (Lipinski definition) is 5. The smallest absolute Gasteiger partial charge is 0.161 e. The first kappa shape index (κ1) is 34.6. The minimum absolute atomic E-state index is 0.521. The van der Waals surface area contributed by atoms with E-state index in [1.165, 1.54) is 0 Å². The first-order valence-corrected chi connectivity index (χ1v) is 18.1. The van der Waals surface area contributed by atoms with Crippen molar-refractivity contribution in [3.63, 3.8) is 0 Å². The summed E-state index contributed by atoms with van der Waals surface area (Å²) < 4.78 is 13.8. The summed E-state index contributed by atoms with van der Waals surface area (Å²) in [4.78, 5) is 10.9. The van der Waals surface area contributed by atoms with Gasteiger partial charge in [0.15, 0.2) is 23.2 Å². The molecule has 0 spiro atoms. The second-order valence-corrected chi connectivity index (χ2v) is 13.7. The molecule has 0 amide bonds. The third-order valence-corrected chi connectivity index (χ3v) is 10.8. The first-order valence-electron chi connectivity index (χ1n) is 17.0. The van der Waals surface area contributed by atoms with Crippen molar-refractivity contribution in [1.82, 2.24) is 9.66 Å². The molecule has 2 atom stereocenters. The third-order valence-electron chi connectivity index (χ3n) is 9.83. The number of aliphatic imine (C=N–C) groups is 1. The van der Waals surface area contributed by atoms with Crippen LogP contribution in [0, 0.1) is 0 Å². The van der Waals surface area contributed by atoms with Gasteiger partial charge in [-0.05, 0) is 59.2 Å². The molecular formula is C44H33Cl3N4O2. The first-order chi connectivity index (χ1) is 25.9. The Labute approximate surface area is 323 Å². The number of methoxy groups -OCH3 is 2. The molecule has 0 fully saturated rings. The maximum atomic E-state index is 7.40. The molecule has 6 aromatic carbocycles. The molecule has 53 heavy (non-hydrogen) atoms. The van der Waals surface area contributed by atoms with Gasteiger partial charge < -0.3 is 9.47 Å². The van der Waals surface area contributed by atoms with Crippen molar-refractivity contribution in [2.24, 2.45) is 4.99 Å². The van der Waals surface area contributed by atoms with Crippen molar-refractivity contribution in [2.45, 2.75) is 11.1 Å². The zero-order valence-corrected chi connectivity index (χ0v) is 31.1. The van der Waals surface area contributed by atoms with Crippen LogP contribution < -0.4 is 14.5 Å². The second-order valence-electron chi connectivity index (χ2n) is 12.5. The largest absolute Gasteiger partial charge is 0.493 e. The van der Waals surface area contributed by atoms with Gasteiger partial charge >= 0.3 is 0 Å². The van der Waals surface area contributed by atoms with Crippen LogP contribution in [0.15, 0.2) is 169 Å². The molecule has 0 radical (unpaired) electrons. The van der Waals surface area contributed by atoms with Gasteiger partial charge in [-0.3, -0.25) is 0 Å². The summed E-state index contributed by atoms with van der Waals surface area (Å²) in [6.07, 6.45) is 3.70. The van der Waals surface area contributed by atoms with Crippen LogP contribution in [0.2, 0.25) is 15.1 Å². The fraction of sp³-hybridized carbons (Fsp3) is 0.0909. The van der Waals surface area contributed by atoms with Gasteiger partial charge in [-0.2, -0.15) is 0 Å². The average Bonchev–Trinajstić information content (AvgIpc) is 3.80. The Balaban J connectivity index is 1.65. The van der Waals surface area contributed by atoms with E-state index in [1.54, 1.807) is 20.4 Å². The lowest BCUT2D eigenvalue weighted by atomic mass is 9.62. The van der Waals surface area contributed by atoms with Crippen LogP contribution in [-0.2, 0) is 11.1 Å². The van der Waals surface area contributed by atoms with Crippen molar-refractivity contribution >= 4 is 40.6 Å². The Morgan fingerprint density at radius 2 is 1.11 bits per heavy atom. The van der Waals surface area contributed by atoms with Crippen LogP contribution >= 0.6 is 34.8 Å². The molecule has 6 nitrogen and oxygen atoms in total. The number of rotatable bonds is 9. The third kappa shape index (κ3) is 5.40.